The molecule has 186 valence electrons. The van der Waals surface area contributed by atoms with Crippen molar-refractivity contribution in [1.29, 1.82) is 0 Å². The molecule has 1 aliphatic rings. The highest BCUT2D eigenvalue weighted by molar-refractivity contribution is 14.1. The van der Waals surface area contributed by atoms with Gasteiger partial charge in [0.25, 0.3) is 0 Å². The fourth-order valence-electron chi connectivity index (χ4n) is 3.94. The average molecular weight is 638 g/mol. The van der Waals surface area contributed by atoms with Gasteiger partial charge in [-0.1, -0.05) is 30.3 Å². The van der Waals surface area contributed by atoms with Crippen molar-refractivity contribution in [2.24, 2.45) is 0 Å². The minimum Gasteiger partial charge on any atom is -0.461 e. The van der Waals surface area contributed by atoms with Crippen LogP contribution < -0.4 is 5.32 Å². The number of carbonyl (C=O) groups excluding carboxylic acids is 1. The molecule has 4 aromatic rings. The predicted molar refractivity (Wildman–Crippen MR) is 146 cm³/mol. The third-order valence-electron chi connectivity index (χ3n) is 5.74. The van der Waals surface area contributed by atoms with E-state index < -0.39 is 28.8 Å². The third-order valence-corrected chi connectivity index (χ3v) is 8.13. The topological polar surface area (TPSA) is 122 Å². The van der Waals surface area contributed by atoms with Crippen LogP contribution in [0.15, 0.2) is 60.9 Å². The van der Waals surface area contributed by atoms with E-state index in [9.17, 15) is 15.0 Å². The van der Waals surface area contributed by atoms with Gasteiger partial charge in [-0.2, -0.15) is 9.97 Å². The molecule has 0 bridgehead atoms. The molecule has 1 fully saturated rings. The molecule has 0 aliphatic carbocycles. The number of esters is 1. The Morgan fingerprint density at radius 1 is 1.14 bits per heavy atom. The van der Waals surface area contributed by atoms with Gasteiger partial charge < -0.3 is 20.3 Å². The van der Waals surface area contributed by atoms with Crippen molar-refractivity contribution in [3.05, 3.63) is 80.9 Å². The highest BCUT2D eigenvalue weighted by atomic mass is 127. The Bertz CT molecular complexity index is 1390. The normalized spacial score (nSPS) is 21.6. The fraction of sp³-hybridized carbons (Fsp3) is 0.250. The van der Waals surface area contributed by atoms with E-state index >= 15 is 0 Å². The number of ether oxygens (including phenoxy) is 1. The van der Waals surface area contributed by atoms with E-state index in [1.165, 1.54) is 18.1 Å². The van der Waals surface area contributed by atoms with Crippen molar-refractivity contribution in [3.63, 3.8) is 0 Å². The number of benzene rings is 2. The van der Waals surface area contributed by atoms with Gasteiger partial charge in [-0.3, -0.25) is 4.57 Å². The van der Waals surface area contributed by atoms with E-state index in [2.05, 4.69) is 48.9 Å². The van der Waals surface area contributed by atoms with Gasteiger partial charge in [-0.05, 0) is 64.0 Å². The summed E-state index contributed by atoms with van der Waals surface area (Å²) in [7, 11) is 0. The van der Waals surface area contributed by atoms with Crippen LogP contribution in [-0.4, -0.2) is 59.8 Å². The molecule has 5 rings (SSSR count). The molecule has 0 saturated carbocycles. The van der Waals surface area contributed by atoms with Crippen molar-refractivity contribution in [1.82, 2.24) is 19.5 Å². The largest absolute Gasteiger partial charge is 0.461 e. The van der Waals surface area contributed by atoms with E-state index in [0.29, 0.717) is 29.1 Å². The molecule has 3 N–H and O–H groups in total. The Morgan fingerprint density at radius 3 is 2.72 bits per heavy atom. The molecule has 0 spiro atoms. The van der Waals surface area contributed by atoms with E-state index in [0.717, 1.165) is 9.13 Å². The molecule has 1 saturated heterocycles. The van der Waals surface area contributed by atoms with Gasteiger partial charge in [0.05, 0.1) is 23.2 Å². The van der Waals surface area contributed by atoms with Crippen molar-refractivity contribution < 1.29 is 19.7 Å². The number of rotatable bonds is 7. The molecule has 36 heavy (non-hydrogen) atoms. The first-order valence-corrected chi connectivity index (χ1v) is 13.4. The molecule has 4 unspecified atom stereocenters. The number of aromatic nitrogens is 4. The summed E-state index contributed by atoms with van der Waals surface area (Å²) in [4.78, 5) is 25.4. The van der Waals surface area contributed by atoms with Crippen LogP contribution in [0.1, 0.15) is 21.3 Å². The number of nitrogens with zero attached hydrogens (tertiary/aromatic N) is 4. The molecule has 12 heteroatoms. The molecule has 2 aromatic carbocycles. The monoisotopic (exact) mass is 637 g/mol. The van der Waals surface area contributed by atoms with Crippen molar-refractivity contribution in [2.45, 2.75) is 29.4 Å². The first-order valence-electron chi connectivity index (χ1n) is 11.0. The zero-order valence-corrected chi connectivity index (χ0v) is 22.4. The maximum atomic E-state index is 12.3. The highest BCUT2D eigenvalue weighted by Gasteiger charge is 2.44. The standard InChI is InChI=1S/C24H21ClIN5O4S/c25-24-29-20(27-10-13-5-4-8-15(26)9-13)17-21(30-24)31(12-28-17)22-19(33)18(32)16(36-22)11-35-23(34)14-6-2-1-3-7-14/h1-9,12,16,18-19,22,32-33H,10-11H2,(H,27,29,30). The average Bonchev–Trinajstić information content (AvgIpc) is 3.42. The SMILES string of the molecule is O=C(OCC1SC(n2cnc3c(NCc4cccc(I)c4)nc(Cl)nc32)C(O)C1O)c1ccccc1. The summed E-state index contributed by atoms with van der Waals surface area (Å²) in [5.74, 6) is -0.0215. The van der Waals surface area contributed by atoms with Gasteiger partial charge in [-0.15, -0.1) is 11.8 Å². The lowest BCUT2D eigenvalue weighted by Crippen LogP contribution is -2.34. The Labute approximate surface area is 229 Å². The molecule has 3 heterocycles. The molecule has 1 aliphatic heterocycles. The quantitative estimate of drug-likeness (QED) is 0.157. The van der Waals surface area contributed by atoms with E-state index in [4.69, 9.17) is 16.3 Å². The maximum absolute atomic E-state index is 12.3. The van der Waals surface area contributed by atoms with Crippen LogP contribution in [-0.2, 0) is 11.3 Å². The van der Waals surface area contributed by atoms with Gasteiger partial charge in [0.2, 0.25) is 5.28 Å². The van der Waals surface area contributed by atoms with Gasteiger partial charge in [0.15, 0.2) is 17.0 Å². The summed E-state index contributed by atoms with van der Waals surface area (Å²) in [5, 5.41) is 23.6. The number of hydrogen-bond donors (Lipinski definition) is 3. The number of halogens is 2. The van der Waals surface area contributed by atoms with Gasteiger partial charge in [-0.25, -0.2) is 9.78 Å². The van der Waals surface area contributed by atoms with Crippen molar-refractivity contribution >= 4 is 68.9 Å². The van der Waals surface area contributed by atoms with Gasteiger partial charge in [0.1, 0.15) is 18.1 Å². The molecular formula is C24H21ClIN5O4S. The van der Waals surface area contributed by atoms with E-state index in [-0.39, 0.29) is 11.9 Å². The summed E-state index contributed by atoms with van der Waals surface area (Å²) in [6, 6.07) is 16.7. The van der Waals surface area contributed by atoms with Crippen molar-refractivity contribution in [2.75, 3.05) is 11.9 Å². The summed E-state index contributed by atoms with van der Waals surface area (Å²) in [5.41, 5.74) is 2.41. The smallest absolute Gasteiger partial charge is 0.338 e. The molecule has 4 atom stereocenters. The second kappa shape index (κ2) is 10.9. The number of aliphatic hydroxyl groups excluding tert-OH is 2. The minimum absolute atomic E-state index is 0.0285. The second-order valence-corrected chi connectivity index (χ2v) is 11.1. The number of fused-ring (bicyclic) bond motifs is 1. The highest BCUT2D eigenvalue weighted by Crippen LogP contribution is 2.43. The Morgan fingerprint density at radius 2 is 1.94 bits per heavy atom. The van der Waals surface area contributed by atoms with E-state index in [1.54, 1.807) is 28.8 Å². The first kappa shape index (κ1) is 25.2. The van der Waals surface area contributed by atoms with Crippen LogP contribution in [0.5, 0.6) is 0 Å². The minimum atomic E-state index is -1.13. The second-order valence-electron chi connectivity index (χ2n) is 8.16. The Balaban J connectivity index is 1.33. The molecule has 0 radical (unpaired) electrons. The Hall–Kier alpha value is -2.45. The number of aliphatic hydroxyl groups is 2. The van der Waals surface area contributed by atoms with E-state index in [1.807, 2.05) is 24.3 Å². The Kier molecular flexibility index (Phi) is 7.62. The summed E-state index contributed by atoms with van der Waals surface area (Å²) in [6.07, 6.45) is -0.709. The summed E-state index contributed by atoms with van der Waals surface area (Å²) < 4.78 is 8.18. The zero-order valence-electron chi connectivity index (χ0n) is 18.7. The number of imidazole rings is 1. The van der Waals surface area contributed by atoms with Crippen LogP contribution in [0.4, 0.5) is 5.82 Å². The third kappa shape index (κ3) is 5.30. The number of thioether (sulfide) groups is 1. The lowest BCUT2D eigenvalue weighted by atomic mass is 10.1. The van der Waals surface area contributed by atoms with Gasteiger partial charge in [0, 0.05) is 10.1 Å². The number of hydrogen-bond acceptors (Lipinski definition) is 9. The van der Waals surface area contributed by atoms with Crippen LogP contribution in [0.25, 0.3) is 11.2 Å². The summed E-state index contributed by atoms with van der Waals surface area (Å²) in [6.45, 7) is 0.457. The molecule has 9 nitrogen and oxygen atoms in total. The zero-order chi connectivity index (χ0) is 25.2. The summed E-state index contributed by atoms with van der Waals surface area (Å²) >= 11 is 9.76. The number of carbonyl (C=O) groups is 1. The predicted octanol–water partition coefficient (Wildman–Crippen LogP) is 3.89. The number of anilines is 1. The van der Waals surface area contributed by atoms with Crippen LogP contribution in [0.3, 0.4) is 0 Å². The van der Waals surface area contributed by atoms with Crippen LogP contribution >= 0.6 is 46.0 Å². The number of nitrogens with one attached hydrogen (secondary N) is 1. The lowest BCUT2D eigenvalue weighted by molar-refractivity contribution is 0.00459. The maximum Gasteiger partial charge on any atom is 0.338 e. The first-order chi connectivity index (χ1) is 17.4. The molecule has 0 amide bonds. The van der Waals surface area contributed by atoms with Crippen molar-refractivity contribution in [3.8, 4) is 0 Å². The van der Waals surface area contributed by atoms with Gasteiger partial charge >= 0.3 is 5.97 Å². The van der Waals surface area contributed by atoms with Crippen LogP contribution in [0, 0.1) is 3.57 Å². The lowest BCUT2D eigenvalue weighted by Gasteiger charge is -2.17. The molecular weight excluding hydrogens is 617 g/mol. The fourth-order valence-corrected chi connectivity index (χ4v) is 6.15. The molecule has 2 aromatic heterocycles. The van der Waals surface area contributed by atoms with Crippen LogP contribution in [0.2, 0.25) is 5.28 Å².